The first-order valence-electron chi connectivity index (χ1n) is 9.38. The number of ether oxygens (including phenoxy) is 1. The molecule has 1 aromatic carbocycles. The first-order chi connectivity index (χ1) is 12.1. The maximum atomic E-state index is 13.2. The number of aromatic nitrogens is 1. The number of pyridine rings is 1. The van der Waals surface area contributed by atoms with Crippen LogP contribution in [-0.4, -0.2) is 41.1 Å². The second-order valence-electron chi connectivity index (χ2n) is 7.27. The lowest BCUT2D eigenvalue weighted by atomic mass is 10.0. The van der Waals surface area contributed by atoms with Crippen molar-refractivity contribution in [1.82, 2.24) is 9.88 Å². The number of hydrogen-bond donors (Lipinski definition) is 0. The van der Waals surface area contributed by atoms with Gasteiger partial charge >= 0.3 is 0 Å². The Bertz CT molecular complexity index is 723. The van der Waals surface area contributed by atoms with Crippen LogP contribution in [0.5, 0.6) is 0 Å². The van der Waals surface area contributed by atoms with Gasteiger partial charge in [-0.2, -0.15) is 0 Å². The van der Waals surface area contributed by atoms with Gasteiger partial charge in [0.15, 0.2) is 0 Å². The molecular formula is C21H28N2O2. The van der Waals surface area contributed by atoms with Crippen LogP contribution in [0.25, 0.3) is 10.9 Å². The number of para-hydroxylation sites is 1. The minimum Gasteiger partial charge on any atom is -0.371 e. The first-order valence-corrected chi connectivity index (χ1v) is 9.38. The van der Waals surface area contributed by atoms with Crippen molar-refractivity contribution in [3.05, 3.63) is 42.1 Å². The molecule has 1 aliphatic rings. The molecule has 1 saturated heterocycles. The van der Waals surface area contributed by atoms with E-state index in [9.17, 15) is 4.79 Å². The van der Waals surface area contributed by atoms with Crippen molar-refractivity contribution in [3.63, 3.8) is 0 Å². The predicted molar refractivity (Wildman–Crippen MR) is 101 cm³/mol. The number of morpholine rings is 1. The molecule has 3 rings (SSSR count). The summed E-state index contributed by atoms with van der Waals surface area (Å²) in [4.78, 5) is 19.6. The Hall–Kier alpha value is -1.94. The Morgan fingerprint density at radius 1 is 1.28 bits per heavy atom. The van der Waals surface area contributed by atoms with Crippen molar-refractivity contribution in [3.8, 4) is 0 Å². The highest BCUT2D eigenvalue weighted by Gasteiger charge is 2.32. The van der Waals surface area contributed by atoms with Crippen LogP contribution in [0.4, 0.5) is 0 Å². The molecule has 0 unspecified atom stereocenters. The van der Waals surface area contributed by atoms with Crippen molar-refractivity contribution in [2.45, 2.75) is 52.2 Å². The van der Waals surface area contributed by atoms with Crippen LogP contribution in [0, 0.1) is 5.92 Å². The Balaban J connectivity index is 1.86. The highest BCUT2D eigenvalue weighted by atomic mass is 16.5. The van der Waals surface area contributed by atoms with Gasteiger partial charge in [-0.15, -0.1) is 0 Å². The maximum absolute atomic E-state index is 13.2. The molecule has 2 atom stereocenters. The molecule has 0 radical (unpaired) electrons. The molecule has 1 fully saturated rings. The van der Waals surface area contributed by atoms with E-state index in [2.05, 4.69) is 25.8 Å². The summed E-state index contributed by atoms with van der Waals surface area (Å²) < 4.78 is 6.24. The third-order valence-electron chi connectivity index (χ3n) is 4.97. The number of benzene rings is 1. The summed E-state index contributed by atoms with van der Waals surface area (Å²) in [5, 5.41) is 1.00. The summed E-state index contributed by atoms with van der Waals surface area (Å²) in [6, 6.07) is 9.73. The third-order valence-corrected chi connectivity index (χ3v) is 4.97. The fourth-order valence-corrected chi connectivity index (χ4v) is 3.44. The van der Waals surface area contributed by atoms with Crippen molar-refractivity contribution < 1.29 is 9.53 Å². The lowest BCUT2D eigenvalue weighted by Gasteiger charge is -2.40. The van der Waals surface area contributed by atoms with Gasteiger partial charge in [0.2, 0.25) is 0 Å². The van der Waals surface area contributed by atoms with Gasteiger partial charge in [0, 0.05) is 24.7 Å². The maximum Gasteiger partial charge on any atom is 0.256 e. The Morgan fingerprint density at radius 2 is 2.08 bits per heavy atom. The first kappa shape index (κ1) is 17.9. The summed E-state index contributed by atoms with van der Waals surface area (Å²) in [6.45, 7) is 7.84. The molecule has 0 saturated carbocycles. The number of rotatable bonds is 5. The van der Waals surface area contributed by atoms with Crippen LogP contribution in [0.1, 0.15) is 50.4 Å². The van der Waals surface area contributed by atoms with Gasteiger partial charge in [0.05, 0.1) is 23.3 Å². The zero-order valence-corrected chi connectivity index (χ0v) is 15.4. The number of unbranched alkanes of at least 4 members (excludes halogenated alkanes) is 1. The topological polar surface area (TPSA) is 42.4 Å². The minimum absolute atomic E-state index is 0.0692. The standard InChI is InChI=1S/C21H28N2O2/c1-4-5-10-17-13-23(14-19(25-17)15(2)3)21(24)18-11-6-8-16-9-7-12-22-20(16)18/h6-9,11-12,15,17,19H,4-5,10,13-14H2,1-3H3/t17-,19-/m1/s1. The highest BCUT2D eigenvalue weighted by Crippen LogP contribution is 2.24. The molecular weight excluding hydrogens is 312 g/mol. The van der Waals surface area contributed by atoms with Crippen molar-refractivity contribution in [2.24, 2.45) is 5.92 Å². The molecule has 1 aromatic heterocycles. The second kappa shape index (κ2) is 7.96. The number of carbonyl (C=O) groups excluding carboxylic acids is 1. The summed E-state index contributed by atoms with van der Waals surface area (Å²) in [7, 11) is 0. The summed E-state index contributed by atoms with van der Waals surface area (Å²) in [6.07, 6.45) is 5.27. The van der Waals surface area contributed by atoms with Crippen molar-refractivity contribution >= 4 is 16.8 Å². The quantitative estimate of drug-likeness (QED) is 0.815. The third kappa shape index (κ3) is 4.01. The molecule has 0 aliphatic carbocycles. The highest BCUT2D eigenvalue weighted by molar-refractivity contribution is 6.05. The average molecular weight is 340 g/mol. The van der Waals surface area contributed by atoms with E-state index in [0.29, 0.717) is 24.6 Å². The molecule has 4 heteroatoms. The van der Waals surface area contributed by atoms with E-state index in [1.165, 1.54) is 0 Å². The summed E-state index contributed by atoms with van der Waals surface area (Å²) in [5.41, 5.74) is 1.48. The van der Waals surface area contributed by atoms with Gasteiger partial charge in [-0.1, -0.05) is 51.8 Å². The molecule has 4 nitrogen and oxygen atoms in total. The average Bonchev–Trinajstić information content (AvgIpc) is 2.65. The molecule has 134 valence electrons. The number of hydrogen-bond acceptors (Lipinski definition) is 3. The Kier molecular flexibility index (Phi) is 5.69. The van der Waals surface area contributed by atoms with Gasteiger partial charge in [0.1, 0.15) is 0 Å². The zero-order valence-electron chi connectivity index (χ0n) is 15.4. The van der Waals surface area contributed by atoms with Gasteiger partial charge in [-0.25, -0.2) is 0 Å². The summed E-state index contributed by atoms with van der Waals surface area (Å²) in [5.74, 6) is 0.463. The molecule has 0 bridgehead atoms. The van der Waals surface area contributed by atoms with Crippen LogP contribution in [0.15, 0.2) is 36.5 Å². The zero-order chi connectivity index (χ0) is 17.8. The molecule has 25 heavy (non-hydrogen) atoms. The van der Waals surface area contributed by atoms with Crippen LogP contribution < -0.4 is 0 Å². The van der Waals surface area contributed by atoms with E-state index in [0.717, 1.165) is 30.2 Å². The van der Waals surface area contributed by atoms with E-state index in [1.807, 2.05) is 35.2 Å². The molecule has 0 spiro atoms. The van der Waals surface area contributed by atoms with Gasteiger partial charge in [-0.3, -0.25) is 9.78 Å². The number of carbonyl (C=O) groups is 1. The van der Waals surface area contributed by atoms with Crippen LogP contribution in [0.2, 0.25) is 0 Å². The second-order valence-corrected chi connectivity index (χ2v) is 7.27. The van der Waals surface area contributed by atoms with Crippen LogP contribution in [-0.2, 0) is 4.74 Å². The Morgan fingerprint density at radius 3 is 2.84 bits per heavy atom. The smallest absolute Gasteiger partial charge is 0.256 e. The van der Waals surface area contributed by atoms with E-state index >= 15 is 0 Å². The molecule has 1 aliphatic heterocycles. The molecule has 0 N–H and O–H groups in total. The van der Waals surface area contributed by atoms with Crippen molar-refractivity contribution in [1.29, 1.82) is 0 Å². The lowest BCUT2D eigenvalue weighted by Crippen LogP contribution is -2.51. The van der Waals surface area contributed by atoms with Gasteiger partial charge in [0.25, 0.3) is 5.91 Å². The van der Waals surface area contributed by atoms with Gasteiger partial charge in [-0.05, 0) is 24.5 Å². The monoisotopic (exact) mass is 340 g/mol. The Labute approximate surface area is 150 Å². The molecule has 2 aromatic rings. The molecule has 2 heterocycles. The lowest BCUT2D eigenvalue weighted by molar-refractivity contribution is -0.0962. The van der Waals surface area contributed by atoms with E-state index < -0.39 is 0 Å². The fourth-order valence-electron chi connectivity index (χ4n) is 3.44. The fraction of sp³-hybridized carbons (Fsp3) is 0.524. The minimum atomic E-state index is 0.0692. The normalized spacial score (nSPS) is 21.0. The van der Waals surface area contributed by atoms with E-state index in [4.69, 9.17) is 4.74 Å². The number of amides is 1. The summed E-state index contributed by atoms with van der Waals surface area (Å²) >= 11 is 0. The van der Waals surface area contributed by atoms with Crippen LogP contribution in [0.3, 0.4) is 0 Å². The van der Waals surface area contributed by atoms with Crippen LogP contribution >= 0.6 is 0 Å². The van der Waals surface area contributed by atoms with Gasteiger partial charge < -0.3 is 9.64 Å². The van der Waals surface area contributed by atoms with E-state index in [-0.39, 0.29) is 18.1 Å². The number of nitrogens with zero attached hydrogens (tertiary/aromatic N) is 2. The van der Waals surface area contributed by atoms with Crippen molar-refractivity contribution in [2.75, 3.05) is 13.1 Å². The predicted octanol–water partition coefficient (Wildman–Crippen LogP) is 4.29. The SMILES string of the molecule is CCCC[C@@H]1CN(C(=O)c2cccc3cccnc23)C[C@H](C(C)C)O1. The molecule has 1 amide bonds. The largest absolute Gasteiger partial charge is 0.371 e. The van der Waals surface area contributed by atoms with E-state index in [1.54, 1.807) is 6.20 Å². The number of fused-ring (bicyclic) bond motifs is 1.